The van der Waals surface area contributed by atoms with Crippen LogP contribution in [0, 0.1) is 5.92 Å². The van der Waals surface area contributed by atoms with Gasteiger partial charge in [0.05, 0.1) is 6.42 Å². The molecule has 4 heteroatoms. The predicted octanol–water partition coefficient (Wildman–Crippen LogP) is 3.11. The summed E-state index contributed by atoms with van der Waals surface area (Å²) in [6.07, 6.45) is 0.246. The van der Waals surface area contributed by atoms with E-state index in [4.69, 9.17) is 4.74 Å². The Balaban J connectivity index is 1.90. The largest absolute Gasteiger partial charge is 0.459 e. The van der Waals surface area contributed by atoms with E-state index in [1.807, 2.05) is 74.5 Å². The van der Waals surface area contributed by atoms with Crippen LogP contribution < -0.4 is 5.32 Å². The van der Waals surface area contributed by atoms with Gasteiger partial charge >= 0.3 is 5.97 Å². The van der Waals surface area contributed by atoms with Gasteiger partial charge in [-0.3, -0.25) is 4.79 Å². The van der Waals surface area contributed by atoms with Crippen LogP contribution >= 0.6 is 0 Å². The number of esters is 1. The lowest BCUT2D eigenvalue weighted by molar-refractivity contribution is -0.150. The van der Waals surface area contributed by atoms with Crippen molar-refractivity contribution in [3.8, 4) is 0 Å². The first-order valence-corrected chi connectivity index (χ1v) is 8.10. The summed E-state index contributed by atoms with van der Waals surface area (Å²) in [6, 6.07) is 18.3. The quantitative estimate of drug-likeness (QED) is 0.796. The lowest BCUT2D eigenvalue weighted by Crippen LogP contribution is -2.45. The molecule has 2 aromatic carbocycles. The molecule has 126 valence electrons. The van der Waals surface area contributed by atoms with Crippen LogP contribution in [0.25, 0.3) is 0 Å². The summed E-state index contributed by atoms with van der Waals surface area (Å²) in [4.78, 5) is 24.5. The van der Waals surface area contributed by atoms with E-state index in [1.165, 1.54) is 0 Å². The second kappa shape index (κ2) is 8.87. The number of carbonyl (C=O) groups is 2. The van der Waals surface area contributed by atoms with E-state index in [0.29, 0.717) is 0 Å². The summed E-state index contributed by atoms with van der Waals surface area (Å²) in [5, 5.41) is 2.79. The lowest BCUT2D eigenvalue weighted by Gasteiger charge is -2.21. The van der Waals surface area contributed by atoms with Crippen LogP contribution in [0.5, 0.6) is 0 Å². The molecule has 0 spiro atoms. The summed E-state index contributed by atoms with van der Waals surface area (Å²) in [5.41, 5.74) is 1.83. The van der Waals surface area contributed by atoms with E-state index in [1.54, 1.807) is 0 Å². The zero-order valence-electron chi connectivity index (χ0n) is 14.1. The molecule has 2 rings (SSSR count). The molecule has 24 heavy (non-hydrogen) atoms. The number of benzene rings is 2. The van der Waals surface area contributed by atoms with Crippen molar-refractivity contribution >= 4 is 11.9 Å². The van der Waals surface area contributed by atoms with Crippen LogP contribution in [-0.2, 0) is 27.4 Å². The fourth-order valence-corrected chi connectivity index (χ4v) is 2.32. The van der Waals surface area contributed by atoms with Crippen molar-refractivity contribution in [2.24, 2.45) is 5.92 Å². The highest BCUT2D eigenvalue weighted by molar-refractivity contribution is 5.85. The van der Waals surface area contributed by atoms with Gasteiger partial charge in [0.1, 0.15) is 12.6 Å². The molecule has 0 heterocycles. The molecule has 0 aliphatic rings. The zero-order chi connectivity index (χ0) is 17.4. The molecule has 0 aliphatic carbocycles. The normalized spacial score (nSPS) is 11.8. The summed E-state index contributed by atoms with van der Waals surface area (Å²) in [5.74, 6) is -0.639. The Morgan fingerprint density at radius 3 is 2.00 bits per heavy atom. The van der Waals surface area contributed by atoms with Gasteiger partial charge in [-0.15, -0.1) is 0 Å². The van der Waals surface area contributed by atoms with Gasteiger partial charge in [0.2, 0.25) is 5.91 Å². The maximum Gasteiger partial charge on any atom is 0.329 e. The Morgan fingerprint density at radius 2 is 1.46 bits per heavy atom. The van der Waals surface area contributed by atoms with Crippen molar-refractivity contribution in [2.45, 2.75) is 32.9 Å². The van der Waals surface area contributed by atoms with Crippen LogP contribution in [-0.4, -0.2) is 17.9 Å². The number of hydrogen-bond donors (Lipinski definition) is 1. The maximum absolute atomic E-state index is 12.3. The SMILES string of the molecule is CC(C)[C@H](NC(=O)Cc1ccccc1)C(=O)OCc1ccccc1. The number of amides is 1. The molecule has 0 aromatic heterocycles. The van der Waals surface area contributed by atoms with E-state index in [-0.39, 0.29) is 24.9 Å². The molecule has 0 saturated heterocycles. The molecule has 0 radical (unpaired) electrons. The topological polar surface area (TPSA) is 55.4 Å². The highest BCUT2D eigenvalue weighted by atomic mass is 16.5. The third-order valence-corrected chi connectivity index (χ3v) is 3.67. The van der Waals surface area contributed by atoms with Crippen LogP contribution in [0.3, 0.4) is 0 Å². The minimum Gasteiger partial charge on any atom is -0.459 e. The van der Waals surface area contributed by atoms with E-state index in [9.17, 15) is 9.59 Å². The third-order valence-electron chi connectivity index (χ3n) is 3.67. The molecule has 1 N–H and O–H groups in total. The van der Waals surface area contributed by atoms with Gasteiger partial charge in [0.25, 0.3) is 0 Å². The van der Waals surface area contributed by atoms with Crippen molar-refractivity contribution in [3.63, 3.8) is 0 Å². The molecule has 2 aromatic rings. The summed E-state index contributed by atoms with van der Waals surface area (Å²) >= 11 is 0. The summed E-state index contributed by atoms with van der Waals surface area (Å²) in [7, 11) is 0. The first-order valence-electron chi connectivity index (χ1n) is 8.10. The zero-order valence-corrected chi connectivity index (χ0v) is 14.1. The number of rotatable bonds is 7. The number of carbonyl (C=O) groups excluding carboxylic acids is 2. The fourth-order valence-electron chi connectivity index (χ4n) is 2.32. The Kier molecular flexibility index (Phi) is 6.55. The van der Waals surface area contributed by atoms with Gasteiger partial charge in [-0.1, -0.05) is 74.5 Å². The van der Waals surface area contributed by atoms with Crippen molar-refractivity contribution < 1.29 is 14.3 Å². The molecular weight excluding hydrogens is 302 g/mol. The van der Waals surface area contributed by atoms with Crippen molar-refractivity contribution in [2.75, 3.05) is 0 Å². The summed E-state index contributed by atoms with van der Waals surface area (Å²) < 4.78 is 5.35. The molecular formula is C20H23NO3. The van der Waals surface area contributed by atoms with Gasteiger partial charge in [0, 0.05) is 0 Å². The third kappa shape index (κ3) is 5.54. The Hall–Kier alpha value is -2.62. The predicted molar refractivity (Wildman–Crippen MR) is 93.2 cm³/mol. The van der Waals surface area contributed by atoms with Gasteiger partial charge in [-0.25, -0.2) is 4.79 Å². The molecule has 0 unspecified atom stereocenters. The van der Waals surface area contributed by atoms with Crippen molar-refractivity contribution in [3.05, 3.63) is 71.8 Å². The van der Waals surface area contributed by atoms with E-state index in [2.05, 4.69) is 5.32 Å². The second-order valence-corrected chi connectivity index (χ2v) is 6.04. The summed E-state index contributed by atoms with van der Waals surface area (Å²) in [6.45, 7) is 3.98. The monoisotopic (exact) mass is 325 g/mol. The van der Waals surface area contributed by atoms with Crippen molar-refractivity contribution in [1.29, 1.82) is 0 Å². The van der Waals surface area contributed by atoms with Crippen LogP contribution in [0.4, 0.5) is 0 Å². The standard InChI is InChI=1S/C20H23NO3/c1-15(2)19(20(23)24-14-17-11-7-4-8-12-17)21-18(22)13-16-9-5-3-6-10-16/h3-12,15,19H,13-14H2,1-2H3,(H,21,22)/t19-/m0/s1. The van der Waals surface area contributed by atoms with Gasteiger partial charge in [-0.05, 0) is 17.0 Å². The smallest absolute Gasteiger partial charge is 0.329 e. The number of hydrogen-bond acceptors (Lipinski definition) is 3. The second-order valence-electron chi connectivity index (χ2n) is 6.04. The number of nitrogens with one attached hydrogen (secondary N) is 1. The molecule has 4 nitrogen and oxygen atoms in total. The highest BCUT2D eigenvalue weighted by Gasteiger charge is 2.25. The molecule has 0 saturated carbocycles. The van der Waals surface area contributed by atoms with Crippen LogP contribution in [0.15, 0.2) is 60.7 Å². The van der Waals surface area contributed by atoms with E-state index in [0.717, 1.165) is 11.1 Å². The average Bonchev–Trinajstić information content (AvgIpc) is 2.59. The van der Waals surface area contributed by atoms with Crippen molar-refractivity contribution in [1.82, 2.24) is 5.32 Å². The number of ether oxygens (including phenoxy) is 1. The van der Waals surface area contributed by atoms with Gasteiger partial charge in [0.15, 0.2) is 0 Å². The van der Waals surface area contributed by atoms with E-state index < -0.39 is 12.0 Å². The highest BCUT2D eigenvalue weighted by Crippen LogP contribution is 2.08. The molecule has 0 aliphatic heterocycles. The Labute approximate surface area is 142 Å². The maximum atomic E-state index is 12.3. The molecule has 1 atom stereocenters. The Bertz CT molecular complexity index is 653. The average molecular weight is 325 g/mol. The molecule has 1 amide bonds. The van der Waals surface area contributed by atoms with Gasteiger partial charge < -0.3 is 10.1 Å². The minimum atomic E-state index is -0.648. The molecule has 0 fully saturated rings. The van der Waals surface area contributed by atoms with Crippen LogP contribution in [0.2, 0.25) is 0 Å². The van der Waals surface area contributed by atoms with E-state index >= 15 is 0 Å². The Morgan fingerprint density at radius 1 is 0.917 bits per heavy atom. The first-order chi connectivity index (χ1) is 11.6. The van der Waals surface area contributed by atoms with Gasteiger partial charge in [-0.2, -0.15) is 0 Å². The minimum absolute atomic E-state index is 0.0482. The first kappa shape index (κ1) is 17.7. The molecule has 0 bridgehead atoms. The van der Waals surface area contributed by atoms with Crippen LogP contribution in [0.1, 0.15) is 25.0 Å². The fraction of sp³-hybridized carbons (Fsp3) is 0.300. The lowest BCUT2D eigenvalue weighted by atomic mass is 10.0.